The third-order valence-corrected chi connectivity index (χ3v) is 4.66. The monoisotopic (exact) mass is 394 g/mol. The van der Waals surface area contributed by atoms with Gasteiger partial charge >= 0.3 is 0 Å². The van der Waals surface area contributed by atoms with Gasteiger partial charge in [0.1, 0.15) is 11.4 Å². The molecular formula is C19H22N8O2. The molecule has 0 saturated carbocycles. The summed E-state index contributed by atoms with van der Waals surface area (Å²) in [7, 11) is 3.20. The number of amides is 1. The molecule has 10 nitrogen and oxygen atoms in total. The lowest BCUT2D eigenvalue weighted by atomic mass is 10.3. The second-order valence-electron chi connectivity index (χ2n) is 6.61. The van der Waals surface area contributed by atoms with Crippen LogP contribution in [0.15, 0.2) is 43.0 Å². The van der Waals surface area contributed by atoms with Crippen LogP contribution in [-0.4, -0.2) is 63.9 Å². The third-order valence-electron chi connectivity index (χ3n) is 4.66. The van der Waals surface area contributed by atoms with Gasteiger partial charge < -0.3 is 19.9 Å². The molecule has 3 aromatic rings. The van der Waals surface area contributed by atoms with E-state index in [0.29, 0.717) is 17.2 Å². The van der Waals surface area contributed by atoms with Crippen molar-refractivity contribution in [2.45, 2.75) is 0 Å². The maximum Gasteiger partial charge on any atom is 0.262 e. The van der Waals surface area contributed by atoms with Crippen LogP contribution in [0.5, 0.6) is 5.88 Å². The van der Waals surface area contributed by atoms with Crippen LogP contribution in [0.1, 0.15) is 10.4 Å². The van der Waals surface area contributed by atoms with Crippen molar-refractivity contribution in [1.82, 2.24) is 24.7 Å². The molecule has 1 amide bonds. The number of hydrogen-bond donors (Lipinski definition) is 1. The molecule has 1 fully saturated rings. The first-order valence-electron chi connectivity index (χ1n) is 9.26. The topological polar surface area (TPSA) is 101 Å². The van der Waals surface area contributed by atoms with Crippen molar-refractivity contribution in [3.8, 4) is 5.88 Å². The maximum atomic E-state index is 12.4. The minimum atomic E-state index is -0.324. The average molecular weight is 394 g/mol. The first-order valence-corrected chi connectivity index (χ1v) is 9.26. The van der Waals surface area contributed by atoms with Crippen LogP contribution >= 0.6 is 0 Å². The SMILES string of the molecule is COc1nn(C)cc1C(=O)Nc1cnc(N2CCN(c3ccccn3)CC2)nc1. The van der Waals surface area contributed by atoms with Crippen LogP contribution in [0.3, 0.4) is 0 Å². The Labute approximate surface area is 168 Å². The van der Waals surface area contributed by atoms with E-state index < -0.39 is 0 Å². The highest BCUT2D eigenvalue weighted by molar-refractivity contribution is 6.05. The van der Waals surface area contributed by atoms with E-state index in [1.54, 1.807) is 31.8 Å². The van der Waals surface area contributed by atoms with E-state index in [0.717, 1.165) is 32.0 Å². The zero-order valence-corrected chi connectivity index (χ0v) is 16.3. The second kappa shape index (κ2) is 8.13. The average Bonchev–Trinajstić information content (AvgIpc) is 3.16. The predicted molar refractivity (Wildman–Crippen MR) is 108 cm³/mol. The number of aromatic nitrogens is 5. The van der Waals surface area contributed by atoms with Crippen LogP contribution in [0.2, 0.25) is 0 Å². The molecule has 3 aromatic heterocycles. The second-order valence-corrected chi connectivity index (χ2v) is 6.61. The largest absolute Gasteiger partial charge is 0.479 e. The number of nitrogens with one attached hydrogen (secondary N) is 1. The van der Waals surface area contributed by atoms with E-state index in [2.05, 4.69) is 35.2 Å². The fourth-order valence-corrected chi connectivity index (χ4v) is 3.20. The minimum Gasteiger partial charge on any atom is -0.479 e. The molecule has 0 aliphatic carbocycles. The van der Waals surface area contributed by atoms with Crippen molar-refractivity contribution in [3.05, 3.63) is 48.5 Å². The summed E-state index contributed by atoms with van der Waals surface area (Å²) in [6.45, 7) is 3.30. The Bertz CT molecular complexity index is 966. The lowest BCUT2D eigenvalue weighted by molar-refractivity contribution is 0.102. The molecule has 0 radical (unpaired) electrons. The van der Waals surface area contributed by atoms with Gasteiger partial charge in [0.2, 0.25) is 11.8 Å². The molecule has 0 spiro atoms. The fourth-order valence-electron chi connectivity index (χ4n) is 3.20. The van der Waals surface area contributed by atoms with E-state index in [4.69, 9.17) is 4.74 Å². The Hall–Kier alpha value is -3.69. The summed E-state index contributed by atoms with van der Waals surface area (Å²) < 4.78 is 6.65. The predicted octanol–water partition coefficient (Wildman–Crippen LogP) is 1.19. The normalized spacial score (nSPS) is 14.0. The quantitative estimate of drug-likeness (QED) is 0.689. The molecule has 4 heterocycles. The maximum absolute atomic E-state index is 12.4. The smallest absolute Gasteiger partial charge is 0.262 e. The minimum absolute atomic E-state index is 0.272. The molecular weight excluding hydrogens is 372 g/mol. The summed E-state index contributed by atoms with van der Waals surface area (Å²) >= 11 is 0. The molecule has 0 atom stereocenters. The summed E-state index contributed by atoms with van der Waals surface area (Å²) in [6.07, 6.45) is 6.62. The number of rotatable bonds is 5. The number of piperazine rings is 1. The summed E-state index contributed by atoms with van der Waals surface area (Å²) in [5.74, 6) is 1.57. The molecule has 150 valence electrons. The van der Waals surface area contributed by atoms with E-state index in [1.807, 2.05) is 18.2 Å². The summed E-state index contributed by atoms with van der Waals surface area (Å²) in [6, 6.07) is 5.92. The van der Waals surface area contributed by atoms with Gasteiger partial charge in [-0.05, 0) is 12.1 Å². The highest BCUT2D eigenvalue weighted by Crippen LogP contribution is 2.19. The lowest BCUT2D eigenvalue weighted by Crippen LogP contribution is -2.47. The zero-order valence-electron chi connectivity index (χ0n) is 16.3. The first kappa shape index (κ1) is 18.7. The van der Waals surface area contributed by atoms with Crippen LogP contribution in [0.4, 0.5) is 17.5 Å². The fraction of sp³-hybridized carbons (Fsp3) is 0.316. The van der Waals surface area contributed by atoms with Crippen LogP contribution < -0.4 is 19.9 Å². The van der Waals surface area contributed by atoms with Crippen LogP contribution in [-0.2, 0) is 7.05 Å². The van der Waals surface area contributed by atoms with Gasteiger partial charge in [-0.3, -0.25) is 9.48 Å². The summed E-state index contributed by atoms with van der Waals surface area (Å²) in [4.78, 5) is 30.0. The number of methoxy groups -OCH3 is 1. The molecule has 29 heavy (non-hydrogen) atoms. The number of carbonyl (C=O) groups excluding carboxylic acids is 1. The van der Waals surface area contributed by atoms with Crippen LogP contribution in [0, 0.1) is 0 Å². The molecule has 1 aliphatic heterocycles. The van der Waals surface area contributed by atoms with Gasteiger partial charge in [0.25, 0.3) is 5.91 Å². The van der Waals surface area contributed by atoms with Crippen molar-refractivity contribution in [3.63, 3.8) is 0 Å². The van der Waals surface area contributed by atoms with Crippen molar-refractivity contribution < 1.29 is 9.53 Å². The van der Waals surface area contributed by atoms with Gasteiger partial charge in [-0.15, -0.1) is 5.10 Å². The van der Waals surface area contributed by atoms with E-state index in [9.17, 15) is 4.79 Å². The highest BCUT2D eigenvalue weighted by atomic mass is 16.5. The number of ether oxygens (including phenoxy) is 1. The molecule has 1 N–H and O–H groups in total. The number of nitrogens with zero attached hydrogens (tertiary/aromatic N) is 7. The van der Waals surface area contributed by atoms with Gasteiger partial charge in [0.05, 0.1) is 25.2 Å². The van der Waals surface area contributed by atoms with Gasteiger partial charge in [0.15, 0.2) is 0 Å². The molecule has 4 rings (SSSR count). The first-order chi connectivity index (χ1) is 14.1. The Kier molecular flexibility index (Phi) is 5.23. The molecule has 0 bridgehead atoms. The number of carbonyl (C=O) groups is 1. The van der Waals surface area contributed by atoms with Crippen molar-refractivity contribution in [1.29, 1.82) is 0 Å². The molecule has 0 aromatic carbocycles. The number of pyridine rings is 1. The Morgan fingerprint density at radius 3 is 2.45 bits per heavy atom. The molecule has 10 heteroatoms. The standard InChI is InChI=1S/C19H22N8O2/c1-25-13-15(18(24-25)29-2)17(28)23-14-11-21-19(22-12-14)27-9-7-26(8-10-27)16-5-3-4-6-20-16/h3-6,11-13H,7-10H2,1-2H3,(H,23,28). The van der Waals surface area contributed by atoms with E-state index >= 15 is 0 Å². The zero-order chi connectivity index (χ0) is 20.2. The Balaban J connectivity index is 1.36. The van der Waals surface area contributed by atoms with Crippen LogP contribution in [0.25, 0.3) is 0 Å². The van der Waals surface area contributed by atoms with E-state index in [-0.39, 0.29) is 11.8 Å². The third kappa shape index (κ3) is 4.10. The van der Waals surface area contributed by atoms with Gasteiger partial charge in [-0.2, -0.15) is 0 Å². The lowest BCUT2D eigenvalue weighted by Gasteiger charge is -2.35. The number of anilines is 3. The van der Waals surface area contributed by atoms with Crippen molar-refractivity contribution in [2.24, 2.45) is 7.05 Å². The highest BCUT2D eigenvalue weighted by Gasteiger charge is 2.20. The summed E-state index contributed by atoms with van der Waals surface area (Å²) in [5.41, 5.74) is 0.862. The van der Waals surface area contributed by atoms with Gasteiger partial charge in [-0.1, -0.05) is 6.07 Å². The molecule has 0 unspecified atom stereocenters. The number of aryl methyl sites for hydroxylation is 1. The van der Waals surface area contributed by atoms with Gasteiger partial charge in [0, 0.05) is 45.6 Å². The molecule has 1 saturated heterocycles. The van der Waals surface area contributed by atoms with Gasteiger partial charge in [-0.25, -0.2) is 15.0 Å². The number of hydrogen-bond acceptors (Lipinski definition) is 8. The molecule has 1 aliphatic rings. The Morgan fingerprint density at radius 1 is 1.07 bits per heavy atom. The summed E-state index contributed by atoms with van der Waals surface area (Å²) in [5, 5.41) is 6.86. The van der Waals surface area contributed by atoms with E-state index in [1.165, 1.54) is 11.8 Å². The Morgan fingerprint density at radius 2 is 1.79 bits per heavy atom. The van der Waals surface area contributed by atoms with Crippen molar-refractivity contribution >= 4 is 23.4 Å². The van der Waals surface area contributed by atoms with Crippen molar-refractivity contribution in [2.75, 3.05) is 48.4 Å².